The van der Waals surface area contributed by atoms with Gasteiger partial charge in [0.1, 0.15) is 0 Å². The molecule has 234 valence electrons. The van der Waals surface area contributed by atoms with Crippen molar-refractivity contribution in [1.82, 2.24) is 0 Å². The summed E-state index contributed by atoms with van der Waals surface area (Å²) in [7, 11) is 0. The quantitative estimate of drug-likeness (QED) is 0.173. The molecule has 9 aromatic rings. The first-order valence-electron chi connectivity index (χ1n) is 17.1. The molecule has 10 rings (SSSR count). The Morgan fingerprint density at radius 1 is 0.380 bits per heavy atom. The van der Waals surface area contributed by atoms with Gasteiger partial charge in [-0.1, -0.05) is 140 Å². The number of anilines is 3. The number of thiophene rings is 1. The highest BCUT2D eigenvalue weighted by Crippen LogP contribution is 2.46. The lowest BCUT2D eigenvalue weighted by Crippen LogP contribution is -2.10. The van der Waals surface area contributed by atoms with Gasteiger partial charge in [-0.05, 0) is 104 Å². The van der Waals surface area contributed by atoms with Crippen molar-refractivity contribution >= 4 is 71.5 Å². The van der Waals surface area contributed by atoms with Gasteiger partial charge in [0, 0.05) is 26.8 Å². The van der Waals surface area contributed by atoms with Crippen LogP contribution in [-0.2, 0) is 0 Å². The summed E-state index contributed by atoms with van der Waals surface area (Å²) < 4.78 is 2.60. The lowest BCUT2D eigenvalue weighted by Gasteiger charge is -2.26. The molecule has 0 amide bonds. The largest absolute Gasteiger partial charge is 0.309 e. The van der Waals surface area contributed by atoms with E-state index >= 15 is 0 Å². The molecule has 0 saturated heterocycles. The van der Waals surface area contributed by atoms with Gasteiger partial charge in [-0.15, -0.1) is 11.3 Å². The molecule has 0 bridgehead atoms. The second-order valence-corrected chi connectivity index (χ2v) is 14.0. The Kier molecular flexibility index (Phi) is 6.75. The molecule has 1 heterocycles. The summed E-state index contributed by atoms with van der Waals surface area (Å²) in [6, 6.07) is 64.1. The number of fused-ring (bicyclic) bond motifs is 3. The number of rotatable bonds is 6. The predicted molar refractivity (Wildman–Crippen MR) is 217 cm³/mol. The highest BCUT2D eigenvalue weighted by atomic mass is 32.1. The van der Waals surface area contributed by atoms with Gasteiger partial charge in [-0.2, -0.15) is 0 Å². The van der Waals surface area contributed by atoms with Crippen molar-refractivity contribution in [2.45, 2.75) is 0 Å². The van der Waals surface area contributed by atoms with Crippen molar-refractivity contribution in [1.29, 1.82) is 0 Å². The maximum atomic E-state index is 2.42. The Balaban J connectivity index is 1.11. The zero-order valence-corrected chi connectivity index (χ0v) is 28.1. The molecule has 0 atom stereocenters. The van der Waals surface area contributed by atoms with E-state index in [0.717, 1.165) is 11.4 Å². The first kappa shape index (κ1) is 28.8. The maximum Gasteiger partial charge on any atom is 0.0640 e. The van der Waals surface area contributed by atoms with Crippen LogP contribution in [0.4, 0.5) is 17.1 Å². The summed E-state index contributed by atoms with van der Waals surface area (Å²) in [6.45, 7) is 0. The van der Waals surface area contributed by atoms with Crippen LogP contribution in [0.3, 0.4) is 0 Å². The van der Waals surface area contributed by atoms with Crippen LogP contribution in [0.5, 0.6) is 0 Å². The van der Waals surface area contributed by atoms with E-state index in [9.17, 15) is 0 Å². The van der Waals surface area contributed by atoms with Crippen LogP contribution in [0.15, 0.2) is 176 Å². The van der Waals surface area contributed by atoms with Crippen LogP contribution < -0.4 is 4.90 Å². The summed E-state index contributed by atoms with van der Waals surface area (Å²) >= 11 is 1.87. The third kappa shape index (κ3) is 4.76. The SMILES string of the molecule is C1=Cc2cc(-c3ccc(N(c4ccc(-c5ccccc5)cc4)c4cccc5c4sc4ccccc45)cc3)cc3c(-c4ccccc4)ccc1c23. The molecule has 0 radical (unpaired) electrons. The molecule has 1 nitrogen and oxygen atoms in total. The fourth-order valence-electron chi connectivity index (χ4n) is 7.60. The van der Waals surface area contributed by atoms with E-state index < -0.39 is 0 Å². The number of benzene rings is 8. The molecule has 0 saturated carbocycles. The molecule has 2 heteroatoms. The second kappa shape index (κ2) is 11.7. The van der Waals surface area contributed by atoms with Crippen LogP contribution in [0.25, 0.3) is 76.5 Å². The minimum Gasteiger partial charge on any atom is -0.309 e. The fraction of sp³-hybridized carbons (Fsp3) is 0. The van der Waals surface area contributed by atoms with Crippen molar-refractivity contribution in [3.8, 4) is 33.4 Å². The first-order chi connectivity index (χ1) is 24.8. The van der Waals surface area contributed by atoms with Gasteiger partial charge in [-0.3, -0.25) is 0 Å². The van der Waals surface area contributed by atoms with Crippen LogP contribution in [0.2, 0.25) is 0 Å². The summed E-state index contributed by atoms with van der Waals surface area (Å²) in [4.78, 5) is 2.42. The summed E-state index contributed by atoms with van der Waals surface area (Å²) in [5.74, 6) is 0. The van der Waals surface area contributed by atoms with E-state index in [1.807, 2.05) is 11.3 Å². The van der Waals surface area contributed by atoms with Crippen LogP contribution in [-0.4, -0.2) is 0 Å². The van der Waals surface area contributed by atoms with E-state index in [1.54, 1.807) is 0 Å². The zero-order valence-electron chi connectivity index (χ0n) is 27.3. The van der Waals surface area contributed by atoms with Gasteiger partial charge in [0.25, 0.3) is 0 Å². The summed E-state index contributed by atoms with van der Waals surface area (Å²) in [6.07, 6.45) is 4.51. The predicted octanol–water partition coefficient (Wildman–Crippen LogP) is 14.2. The third-order valence-corrected chi connectivity index (χ3v) is 11.2. The molecule has 0 aliphatic heterocycles. The number of nitrogens with zero attached hydrogens (tertiary/aromatic N) is 1. The molecule has 8 aromatic carbocycles. The van der Waals surface area contributed by atoms with Crippen LogP contribution >= 0.6 is 11.3 Å². The van der Waals surface area contributed by atoms with Crippen molar-refractivity contribution in [2.75, 3.05) is 4.90 Å². The molecule has 0 fully saturated rings. The highest BCUT2D eigenvalue weighted by molar-refractivity contribution is 7.26. The smallest absolute Gasteiger partial charge is 0.0640 e. The van der Waals surface area contributed by atoms with Gasteiger partial charge in [-0.25, -0.2) is 0 Å². The Morgan fingerprint density at radius 3 is 1.72 bits per heavy atom. The summed E-state index contributed by atoms with van der Waals surface area (Å²) in [5.41, 5.74) is 13.4. The molecule has 0 unspecified atom stereocenters. The minimum absolute atomic E-state index is 1.13. The average Bonchev–Trinajstić information content (AvgIpc) is 3.79. The normalized spacial score (nSPS) is 11.9. The fourth-order valence-corrected chi connectivity index (χ4v) is 8.81. The van der Waals surface area contributed by atoms with Gasteiger partial charge < -0.3 is 4.90 Å². The molecule has 1 aromatic heterocycles. The van der Waals surface area contributed by atoms with E-state index in [-0.39, 0.29) is 0 Å². The Labute approximate surface area is 295 Å². The summed E-state index contributed by atoms with van der Waals surface area (Å²) in [5, 5.41) is 5.24. The molecule has 0 N–H and O–H groups in total. The molecule has 1 aliphatic carbocycles. The van der Waals surface area contributed by atoms with Gasteiger partial charge in [0.2, 0.25) is 0 Å². The lowest BCUT2D eigenvalue weighted by atomic mass is 9.91. The first-order valence-corrected chi connectivity index (χ1v) is 17.9. The lowest BCUT2D eigenvalue weighted by molar-refractivity contribution is 1.30. The van der Waals surface area contributed by atoms with E-state index in [2.05, 4.69) is 193 Å². The standard InChI is InChI=1S/C48H31NS/c1-3-10-32(11-4-1)33-20-25-39(26-21-33)49(45-16-9-15-43-42-14-7-8-17-46(42)50-48(43)45)40-27-22-34(23-28-40)38-30-37-19-18-36-24-29-41(44(31-38)47(36)37)35-12-5-2-6-13-35/h1-31H. The molecule has 50 heavy (non-hydrogen) atoms. The van der Waals surface area contributed by atoms with Gasteiger partial charge >= 0.3 is 0 Å². The molecular formula is C48H31NS. The van der Waals surface area contributed by atoms with Crippen molar-refractivity contribution in [3.63, 3.8) is 0 Å². The molecular weight excluding hydrogens is 623 g/mol. The van der Waals surface area contributed by atoms with Crippen molar-refractivity contribution in [2.24, 2.45) is 0 Å². The Hall–Kier alpha value is -6.22. The van der Waals surface area contributed by atoms with Crippen molar-refractivity contribution in [3.05, 3.63) is 187 Å². The number of hydrogen-bond acceptors (Lipinski definition) is 2. The van der Waals surface area contributed by atoms with Gasteiger partial charge in [0.05, 0.1) is 10.4 Å². The van der Waals surface area contributed by atoms with E-state index in [0.29, 0.717) is 0 Å². The monoisotopic (exact) mass is 653 g/mol. The van der Waals surface area contributed by atoms with Crippen LogP contribution in [0, 0.1) is 0 Å². The second-order valence-electron chi connectivity index (χ2n) is 12.9. The van der Waals surface area contributed by atoms with Crippen molar-refractivity contribution < 1.29 is 0 Å². The van der Waals surface area contributed by atoms with Crippen LogP contribution in [0.1, 0.15) is 11.1 Å². The third-order valence-electron chi connectivity index (χ3n) is 10.0. The topological polar surface area (TPSA) is 3.24 Å². The molecule has 0 spiro atoms. The number of hydrogen-bond donors (Lipinski definition) is 0. The maximum absolute atomic E-state index is 2.42. The van der Waals surface area contributed by atoms with E-state index in [1.165, 1.54) is 81.1 Å². The average molecular weight is 654 g/mol. The molecule has 1 aliphatic rings. The zero-order chi connectivity index (χ0) is 33.0. The van der Waals surface area contributed by atoms with Gasteiger partial charge in [0.15, 0.2) is 0 Å². The Morgan fingerprint density at radius 2 is 0.980 bits per heavy atom. The minimum atomic E-state index is 1.13. The van der Waals surface area contributed by atoms with E-state index in [4.69, 9.17) is 0 Å². The highest BCUT2D eigenvalue weighted by Gasteiger charge is 2.19. The Bertz CT molecular complexity index is 2720.